The molecule has 56 valence electrons. The summed E-state index contributed by atoms with van der Waals surface area (Å²) in [6.07, 6.45) is 1.26. The van der Waals surface area contributed by atoms with Gasteiger partial charge in [-0.25, -0.2) is 5.43 Å². The highest BCUT2D eigenvalue weighted by Crippen LogP contribution is 1.99. The van der Waals surface area contributed by atoms with Crippen LogP contribution < -0.4 is 17.0 Å². The minimum atomic E-state index is -0.0637. The first-order valence-corrected chi connectivity index (χ1v) is 2.77. The first-order valence-electron chi connectivity index (χ1n) is 2.39. The van der Waals surface area contributed by atoms with Crippen LogP contribution in [0.25, 0.3) is 0 Å². The number of amidine groups is 1. The van der Waals surface area contributed by atoms with Gasteiger partial charge in [-0.05, 0) is 0 Å². The van der Waals surface area contributed by atoms with E-state index in [0.29, 0.717) is 5.23 Å². The van der Waals surface area contributed by atoms with E-state index < -0.39 is 0 Å². The normalized spacial score (nSPS) is 18.6. The fraction of sp³-hybridized carbons (Fsp3) is 0. The quantitative estimate of drug-likeness (QED) is 0.176. The van der Waals surface area contributed by atoms with Crippen LogP contribution in [0.3, 0.4) is 0 Å². The molecule has 7 heteroatoms. The fourth-order valence-corrected chi connectivity index (χ4v) is 0.695. The van der Waals surface area contributed by atoms with Crippen LogP contribution in [0.5, 0.6) is 0 Å². The van der Waals surface area contributed by atoms with Crippen molar-refractivity contribution in [1.82, 2.24) is 10.7 Å². The van der Waals surface area contributed by atoms with E-state index in [0.717, 1.165) is 0 Å². The molecule has 6 nitrogen and oxygen atoms in total. The molecule has 0 unspecified atom stereocenters. The van der Waals surface area contributed by atoms with Crippen LogP contribution in [0.2, 0.25) is 0 Å². The Bertz CT molecular complexity index is 211. The highest BCUT2D eigenvalue weighted by atomic mass is 35.5. The Labute approximate surface area is 61.8 Å². The summed E-state index contributed by atoms with van der Waals surface area (Å²) < 4.78 is 0. The molecule has 0 saturated carbocycles. The number of rotatable bonds is 0. The van der Waals surface area contributed by atoms with Crippen molar-refractivity contribution < 1.29 is 4.85 Å². The second kappa shape index (κ2) is 2.24. The predicted molar refractivity (Wildman–Crippen MR) is 35.9 cm³/mol. The largest absolute Gasteiger partial charge is 0.690 e. The zero-order valence-electron chi connectivity index (χ0n) is 4.91. The third-order valence-corrected chi connectivity index (χ3v) is 1.11. The van der Waals surface area contributed by atoms with Gasteiger partial charge in [0.05, 0.1) is 6.08 Å². The molecule has 0 fully saturated rings. The minimum absolute atomic E-state index is 0.0637. The van der Waals surface area contributed by atoms with Crippen molar-refractivity contribution in [2.75, 3.05) is 0 Å². The SMILES string of the molecule is NC1=[N+]([O-])N(N)NC(Cl)=C1. The Morgan fingerprint density at radius 3 is 2.90 bits per heavy atom. The van der Waals surface area contributed by atoms with Crippen molar-refractivity contribution in [1.29, 1.82) is 0 Å². The molecule has 0 saturated heterocycles. The van der Waals surface area contributed by atoms with Crippen LogP contribution in [0.1, 0.15) is 0 Å². The molecule has 0 aromatic rings. The maximum Gasteiger partial charge on any atom is 0.300 e. The van der Waals surface area contributed by atoms with Crippen molar-refractivity contribution >= 4 is 17.4 Å². The molecule has 10 heavy (non-hydrogen) atoms. The summed E-state index contributed by atoms with van der Waals surface area (Å²) >= 11 is 5.43. The number of hydrazine groups is 3. The lowest BCUT2D eigenvalue weighted by Gasteiger charge is -2.25. The Morgan fingerprint density at radius 2 is 2.40 bits per heavy atom. The molecule has 0 aliphatic carbocycles. The van der Waals surface area contributed by atoms with Crippen LogP contribution in [0, 0.1) is 5.21 Å². The standard InChI is InChI=1S/C3H6ClN5O/c4-2-1-3(5)8(10)9(6)7-2/h1,7H,5-6H2. The first-order chi connectivity index (χ1) is 4.61. The molecule has 5 N–H and O–H groups in total. The lowest BCUT2D eigenvalue weighted by molar-refractivity contribution is -0.656. The number of nitrogens with two attached hydrogens (primary N) is 2. The predicted octanol–water partition coefficient (Wildman–Crippen LogP) is -1.46. The monoisotopic (exact) mass is 163 g/mol. The van der Waals surface area contributed by atoms with Crippen LogP contribution in [-0.4, -0.2) is 15.9 Å². The maximum absolute atomic E-state index is 10.7. The van der Waals surface area contributed by atoms with E-state index in [1.54, 1.807) is 0 Å². The Morgan fingerprint density at radius 1 is 1.80 bits per heavy atom. The van der Waals surface area contributed by atoms with Crippen molar-refractivity contribution in [2.24, 2.45) is 11.6 Å². The van der Waals surface area contributed by atoms with Gasteiger partial charge in [0, 0.05) is 0 Å². The Hall–Kier alpha value is -1.14. The smallest absolute Gasteiger partial charge is 0.300 e. The van der Waals surface area contributed by atoms with Crippen molar-refractivity contribution in [3.05, 3.63) is 16.4 Å². The van der Waals surface area contributed by atoms with Gasteiger partial charge in [-0.3, -0.25) is 5.73 Å². The second-order valence-electron chi connectivity index (χ2n) is 1.65. The second-order valence-corrected chi connectivity index (χ2v) is 2.05. The van der Waals surface area contributed by atoms with Gasteiger partial charge in [0.1, 0.15) is 5.16 Å². The molecule has 0 bridgehead atoms. The summed E-state index contributed by atoms with van der Waals surface area (Å²) in [7, 11) is 0. The Kier molecular flexibility index (Phi) is 1.56. The molecule has 0 aromatic carbocycles. The van der Waals surface area contributed by atoms with E-state index in [4.69, 9.17) is 23.2 Å². The summed E-state index contributed by atoms with van der Waals surface area (Å²) in [5.74, 6) is 5.00. The summed E-state index contributed by atoms with van der Waals surface area (Å²) in [5.41, 5.74) is 7.48. The molecule has 1 aliphatic heterocycles. The number of halogens is 1. The highest BCUT2D eigenvalue weighted by Gasteiger charge is 2.12. The minimum Gasteiger partial charge on any atom is -0.690 e. The van der Waals surface area contributed by atoms with Crippen LogP contribution in [0.4, 0.5) is 0 Å². The van der Waals surface area contributed by atoms with E-state index in [9.17, 15) is 5.21 Å². The number of hydrogen-bond donors (Lipinski definition) is 3. The van der Waals surface area contributed by atoms with Gasteiger partial charge in [0.15, 0.2) is 0 Å². The van der Waals surface area contributed by atoms with Crippen LogP contribution in [0.15, 0.2) is 11.2 Å². The molecule has 1 rings (SSSR count). The summed E-state index contributed by atoms with van der Waals surface area (Å²) in [6, 6.07) is 0. The lowest BCUT2D eigenvalue weighted by Crippen LogP contribution is -2.53. The zero-order chi connectivity index (χ0) is 7.72. The van der Waals surface area contributed by atoms with Gasteiger partial charge in [-0.1, -0.05) is 16.8 Å². The van der Waals surface area contributed by atoms with Gasteiger partial charge in [0.25, 0.3) is 0 Å². The number of hydrogen-bond acceptors (Lipinski definition) is 5. The number of nitrogens with zero attached hydrogens (tertiary/aromatic N) is 2. The Balaban J connectivity index is 2.92. The molecule has 0 spiro atoms. The topological polar surface area (TPSA) is 93.4 Å². The molecule has 1 aliphatic rings. The molecular formula is C3H6ClN5O. The van der Waals surface area contributed by atoms with Crippen LogP contribution in [-0.2, 0) is 0 Å². The van der Waals surface area contributed by atoms with Gasteiger partial charge in [-0.2, -0.15) is 5.84 Å². The number of nitrogens with one attached hydrogen (secondary N) is 1. The summed E-state index contributed by atoms with van der Waals surface area (Å²) in [6.45, 7) is 0. The van der Waals surface area contributed by atoms with Crippen LogP contribution >= 0.6 is 11.6 Å². The molecule has 0 atom stereocenters. The van der Waals surface area contributed by atoms with E-state index in [2.05, 4.69) is 5.43 Å². The van der Waals surface area contributed by atoms with Gasteiger partial charge in [-0.15, -0.1) is 4.85 Å². The summed E-state index contributed by atoms with van der Waals surface area (Å²) in [4.78, 5) is 0.270. The third kappa shape index (κ3) is 1.07. The highest BCUT2D eigenvalue weighted by molar-refractivity contribution is 6.30. The average Bonchev–Trinajstić information content (AvgIpc) is 1.82. The van der Waals surface area contributed by atoms with E-state index in [1.165, 1.54) is 6.08 Å². The maximum atomic E-state index is 10.7. The third-order valence-electron chi connectivity index (χ3n) is 0.913. The average molecular weight is 164 g/mol. The van der Waals surface area contributed by atoms with Gasteiger partial charge in [0.2, 0.25) is 0 Å². The first kappa shape index (κ1) is 6.97. The molecule has 0 amide bonds. The lowest BCUT2D eigenvalue weighted by atomic mass is 10.5. The molecule has 0 aromatic heterocycles. The van der Waals surface area contributed by atoms with E-state index >= 15 is 0 Å². The molecule has 1 heterocycles. The summed E-state index contributed by atoms with van der Waals surface area (Å²) in [5, 5.41) is 11.5. The van der Waals surface area contributed by atoms with E-state index in [-0.39, 0.29) is 15.8 Å². The van der Waals surface area contributed by atoms with Gasteiger partial charge < -0.3 is 5.21 Å². The molecule has 0 radical (unpaired) electrons. The molecular weight excluding hydrogens is 158 g/mol. The number of hydrazone groups is 1. The van der Waals surface area contributed by atoms with E-state index in [1.807, 2.05) is 0 Å². The van der Waals surface area contributed by atoms with Gasteiger partial charge >= 0.3 is 5.84 Å². The van der Waals surface area contributed by atoms with Crippen molar-refractivity contribution in [3.8, 4) is 0 Å². The van der Waals surface area contributed by atoms with Crippen molar-refractivity contribution in [2.45, 2.75) is 0 Å². The van der Waals surface area contributed by atoms with Crippen molar-refractivity contribution in [3.63, 3.8) is 0 Å². The zero-order valence-corrected chi connectivity index (χ0v) is 5.67. The fourth-order valence-electron chi connectivity index (χ4n) is 0.497.